The van der Waals surface area contributed by atoms with E-state index in [1.54, 1.807) is 30.3 Å². The molecule has 4 rings (SSSR count). The van der Waals surface area contributed by atoms with E-state index >= 15 is 0 Å². The molecule has 34 heavy (non-hydrogen) atoms. The van der Waals surface area contributed by atoms with Crippen LogP contribution in [0.1, 0.15) is 28.6 Å². The fourth-order valence-corrected chi connectivity index (χ4v) is 4.49. The predicted octanol–water partition coefficient (Wildman–Crippen LogP) is 7.19. The van der Waals surface area contributed by atoms with E-state index in [-0.39, 0.29) is 5.76 Å². The minimum atomic E-state index is -0.465. The number of furan rings is 1. The zero-order valence-electron chi connectivity index (χ0n) is 18.0. The molecule has 0 spiro atoms. The molecule has 0 saturated carbocycles. The number of nitrogens with zero attached hydrogens (tertiary/aromatic N) is 1. The van der Waals surface area contributed by atoms with Gasteiger partial charge in [-0.25, -0.2) is 5.43 Å². The van der Waals surface area contributed by atoms with E-state index in [0.29, 0.717) is 45.4 Å². The number of nitrogens with one attached hydrogen (secondary N) is 1. The number of fused-ring (bicyclic) bond motifs is 1. The molecule has 1 N–H and O–H groups in total. The van der Waals surface area contributed by atoms with Crippen molar-refractivity contribution in [2.24, 2.45) is 5.10 Å². The molecule has 0 radical (unpaired) electrons. The van der Waals surface area contributed by atoms with Crippen molar-refractivity contribution in [2.75, 3.05) is 6.61 Å². The predicted molar refractivity (Wildman–Crippen MR) is 145 cm³/mol. The molecule has 3 aromatic carbocycles. The first-order valence-corrected chi connectivity index (χ1v) is 12.5. The van der Waals surface area contributed by atoms with Crippen LogP contribution in [0.4, 0.5) is 0 Å². The van der Waals surface area contributed by atoms with Crippen LogP contribution < -0.4 is 14.9 Å². The lowest BCUT2D eigenvalue weighted by Crippen LogP contribution is -2.16. The molecule has 0 fully saturated rings. The van der Waals surface area contributed by atoms with Crippen LogP contribution in [0, 0.1) is 3.57 Å². The van der Waals surface area contributed by atoms with Crippen molar-refractivity contribution in [3.05, 3.63) is 90.6 Å². The number of hydrogen-bond donors (Lipinski definition) is 1. The second-order valence-corrected chi connectivity index (χ2v) is 9.68. The lowest BCUT2D eigenvalue weighted by Gasteiger charge is -2.11. The normalized spacial score (nSPS) is 11.2. The number of benzene rings is 3. The summed E-state index contributed by atoms with van der Waals surface area (Å²) >= 11 is 12.2. The molecule has 9 heteroatoms. The number of carbonyl (C=O) groups is 1. The van der Waals surface area contributed by atoms with Crippen LogP contribution in [-0.4, -0.2) is 18.7 Å². The second kappa shape index (κ2) is 11.2. The van der Waals surface area contributed by atoms with Crippen LogP contribution in [0.5, 0.6) is 11.5 Å². The topological polar surface area (TPSA) is 73.1 Å². The van der Waals surface area contributed by atoms with Gasteiger partial charge in [0.2, 0.25) is 0 Å². The molecule has 174 valence electrons. The first kappa shape index (κ1) is 24.6. The number of hydrogen-bond acceptors (Lipinski definition) is 5. The summed E-state index contributed by atoms with van der Waals surface area (Å²) in [4.78, 5) is 12.4. The molecule has 1 amide bonds. The summed E-state index contributed by atoms with van der Waals surface area (Å²) in [6.07, 6.45) is 1.49. The summed E-state index contributed by atoms with van der Waals surface area (Å²) in [6.45, 7) is 2.86. The molecular weight excluding hydrogens is 635 g/mol. The SMILES string of the molecule is CCOc1ccc2oc(C(=O)N/N=C/c3cc(Cl)c(OCc4ccc(I)cc4)c(Br)c3)cc2c1. The Morgan fingerprint density at radius 2 is 1.94 bits per heavy atom. The summed E-state index contributed by atoms with van der Waals surface area (Å²) in [6, 6.07) is 18.6. The van der Waals surface area contributed by atoms with Gasteiger partial charge in [0.1, 0.15) is 17.9 Å². The molecule has 1 aromatic heterocycles. The Kier molecular flexibility index (Phi) is 8.12. The van der Waals surface area contributed by atoms with E-state index in [4.69, 9.17) is 25.5 Å². The van der Waals surface area contributed by atoms with Gasteiger partial charge in [-0.1, -0.05) is 23.7 Å². The number of rotatable bonds is 8. The van der Waals surface area contributed by atoms with Crippen LogP contribution in [0.15, 0.2) is 74.7 Å². The van der Waals surface area contributed by atoms with Crippen molar-refractivity contribution in [1.82, 2.24) is 5.43 Å². The fraction of sp³-hybridized carbons (Fsp3) is 0.120. The molecule has 0 unspecified atom stereocenters. The summed E-state index contributed by atoms with van der Waals surface area (Å²) in [5.41, 5.74) is 4.78. The van der Waals surface area contributed by atoms with Crippen molar-refractivity contribution in [3.63, 3.8) is 0 Å². The van der Waals surface area contributed by atoms with Gasteiger partial charge in [-0.3, -0.25) is 4.79 Å². The maximum absolute atomic E-state index is 12.4. The molecule has 0 aliphatic rings. The second-order valence-electron chi connectivity index (χ2n) is 7.17. The Hall–Kier alpha value is -2.56. The first-order chi connectivity index (χ1) is 16.4. The van der Waals surface area contributed by atoms with Gasteiger partial charge in [-0.2, -0.15) is 5.10 Å². The van der Waals surface area contributed by atoms with E-state index in [2.05, 4.69) is 49.0 Å². The Bertz CT molecular complexity index is 1330. The van der Waals surface area contributed by atoms with Crippen LogP contribution in [0.25, 0.3) is 11.0 Å². The Balaban J connectivity index is 1.39. The molecule has 6 nitrogen and oxygen atoms in total. The van der Waals surface area contributed by atoms with Gasteiger partial charge in [0.05, 0.1) is 22.3 Å². The highest BCUT2D eigenvalue weighted by molar-refractivity contribution is 14.1. The minimum absolute atomic E-state index is 0.152. The van der Waals surface area contributed by atoms with Crippen molar-refractivity contribution in [2.45, 2.75) is 13.5 Å². The molecular formula is C25H19BrClIN2O4. The Morgan fingerprint density at radius 3 is 2.68 bits per heavy atom. The quantitative estimate of drug-likeness (QED) is 0.124. The molecule has 0 aliphatic heterocycles. The van der Waals surface area contributed by atoms with Gasteiger partial charge in [0.25, 0.3) is 0 Å². The zero-order chi connectivity index (χ0) is 24.1. The lowest BCUT2D eigenvalue weighted by molar-refractivity contribution is 0.0929. The zero-order valence-corrected chi connectivity index (χ0v) is 22.5. The third-order valence-corrected chi connectivity index (χ3v) is 6.31. The smallest absolute Gasteiger partial charge is 0.307 e. The average Bonchev–Trinajstić information content (AvgIpc) is 3.23. The standard InChI is InChI=1S/C25H19BrClIN2O4/c1-2-32-19-7-8-22-17(11-19)12-23(34-22)25(31)30-29-13-16-9-20(26)24(21(27)10-16)33-14-15-3-5-18(28)6-4-15/h3-13H,2,14H2,1H3,(H,30,31)/b29-13+. The highest BCUT2D eigenvalue weighted by Crippen LogP contribution is 2.34. The Morgan fingerprint density at radius 1 is 1.15 bits per heavy atom. The van der Waals surface area contributed by atoms with E-state index in [1.807, 2.05) is 37.3 Å². The van der Waals surface area contributed by atoms with Crippen LogP contribution in [0.3, 0.4) is 0 Å². The molecule has 0 aliphatic carbocycles. The van der Waals surface area contributed by atoms with Crippen molar-refractivity contribution >= 4 is 73.2 Å². The van der Waals surface area contributed by atoms with Crippen LogP contribution in [0.2, 0.25) is 5.02 Å². The highest BCUT2D eigenvalue weighted by atomic mass is 127. The molecule has 0 atom stereocenters. The van der Waals surface area contributed by atoms with Crippen LogP contribution in [-0.2, 0) is 6.61 Å². The van der Waals surface area contributed by atoms with E-state index in [0.717, 1.165) is 14.5 Å². The third-order valence-electron chi connectivity index (χ3n) is 4.72. The van der Waals surface area contributed by atoms with Gasteiger partial charge < -0.3 is 13.9 Å². The maximum atomic E-state index is 12.4. The van der Waals surface area contributed by atoms with Gasteiger partial charge in [-0.15, -0.1) is 0 Å². The molecule has 0 saturated heterocycles. The Labute approximate surface area is 223 Å². The lowest BCUT2D eigenvalue weighted by atomic mass is 10.2. The highest BCUT2D eigenvalue weighted by Gasteiger charge is 2.13. The van der Waals surface area contributed by atoms with Crippen molar-refractivity contribution in [3.8, 4) is 11.5 Å². The van der Waals surface area contributed by atoms with E-state index < -0.39 is 5.91 Å². The maximum Gasteiger partial charge on any atom is 0.307 e. The van der Waals surface area contributed by atoms with E-state index in [9.17, 15) is 4.79 Å². The van der Waals surface area contributed by atoms with Gasteiger partial charge >= 0.3 is 5.91 Å². The fourth-order valence-electron chi connectivity index (χ4n) is 3.14. The summed E-state index contributed by atoms with van der Waals surface area (Å²) < 4.78 is 18.8. The van der Waals surface area contributed by atoms with Gasteiger partial charge in [-0.05, 0) is 105 Å². The van der Waals surface area contributed by atoms with Crippen molar-refractivity contribution < 1.29 is 18.7 Å². The average molecular weight is 654 g/mol. The molecule has 0 bridgehead atoms. The van der Waals surface area contributed by atoms with Crippen molar-refractivity contribution in [1.29, 1.82) is 0 Å². The third kappa shape index (κ3) is 6.11. The van der Waals surface area contributed by atoms with Gasteiger partial charge in [0.15, 0.2) is 11.5 Å². The largest absolute Gasteiger partial charge is 0.494 e. The number of hydrazone groups is 1. The number of ether oxygens (including phenoxy) is 2. The monoisotopic (exact) mass is 652 g/mol. The molecule has 1 heterocycles. The summed E-state index contributed by atoms with van der Waals surface area (Å²) in [7, 11) is 0. The van der Waals surface area contributed by atoms with E-state index in [1.165, 1.54) is 6.21 Å². The summed E-state index contributed by atoms with van der Waals surface area (Å²) in [5.74, 6) is 0.941. The molecule has 4 aromatic rings. The number of amides is 1. The summed E-state index contributed by atoms with van der Waals surface area (Å²) in [5, 5.41) is 5.22. The first-order valence-electron chi connectivity index (χ1n) is 10.3. The van der Waals surface area contributed by atoms with Crippen LogP contribution >= 0.6 is 50.1 Å². The number of carbonyl (C=O) groups excluding carboxylic acids is 1. The minimum Gasteiger partial charge on any atom is -0.494 e. The number of halogens is 3. The van der Waals surface area contributed by atoms with Gasteiger partial charge in [0, 0.05) is 8.96 Å².